The number of anilines is 2. The molecule has 1 N–H and O–H groups in total. The van der Waals surface area contributed by atoms with Crippen LogP contribution >= 0.6 is 11.6 Å². The molecule has 1 saturated carbocycles. The Balaban J connectivity index is 1.91. The first kappa shape index (κ1) is 14.3. The van der Waals surface area contributed by atoms with Gasteiger partial charge in [-0.05, 0) is 31.9 Å². The third kappa shape index (κ3) is 3.00. The lowest BCUT2D eigenvalue weighted by Crippen LogP contribution is -2.08. The predicted molar refractivity (Wildman–Crippen MR) is 85.8 cm³/mol. The van der Waals surface area contributed by atoms with E-state index in [1.165, 1.54) is 25.7 Å². The van der Waals surface area contributed by atoms with Crippen molar-refractivity contribution in [2.24, 2.45) is 0 Å². The first-order valence-corrected chi connectivity index (χ1v) is 7.71. The zero-order valence-corrected chi connectivity index (χ0v) is 13.2. The summed E-state index contributed by atoms with van der Waals surface area (Å²) >= 11 is 6.27. The summed E-state index contributed by atoms with van der Waals surface area (Å²) in [6.45, 7) is 2.02. The summed E-state index contributed by atoms with van der Waals surface area (Å²) < 4.78 is 7.51. The van der Waals surface area contributed by atoms with Gasteiger partial charge in [-0.3, -0.25) is 0 Å². The minimum absolute atomic E-state index is 0.540. The maximum Gasteiger partial charge on any atom is 0.207 e. The summed E-state index contributed by atoms with van der Waals surface area (Å²) in [5, 5.41) is 4.01. The number of benzene rings is 1. The highest BCUT2D eigenvalue weighted by molar-refractivity contribution is 6.33. The number of hydrogen-bond donors (Lipinski definition) is 1. The lowest BCUT2D eigenvalue weighted by molar-refractivity contribution is 0.415. The molecule has 0 bridgehead atoms. The smallest absolute Gasteiger partial charge is 0.207 e. The van der Waals surface area contributed by atoms with Crippen LogP contribution in [-0.2, 0) is 0 Å². The van der Waals surface area contributed by atoms with Crippen molar-refractivity contribution < 1.29 is 4.74 Å². The van der Waals surface area contributed by atoms with E-state index >= 15 is 0 Å². The molecule has 0 radical (unpaired) electrons. The lowest BCUT2D eigenvalue weighted by atomic mass is 10.2. The quantitative estimate of drug-likeness (QED) is 0.889. The Morgan fingerprint density at radius 2 is 2.10 bits per heavy atom. The number of imidazole rings is 1. The van der Waals surface area contributed by atoms with E-state index in [2.05, 4.69) is 21.1 Å². The molecule has 4 nitrogen and oxygen atoms in total. The SMILES string of the molecule is COc1ccc(Cl)c(Nc2nc(C)cn2C2CCCC2)c1. The van der Waals surface area contributed by atoms with Gasteiger partial charge in [0, 0.05) is 18.3 Å². The maximum atomic E-state index is 6.27. The normalized spacial score (nSPS) is 15.4. The van der Waals surface area contributed by atoms with Crippen LogP contribution in [0, 0.1) is 6.92 Å². The second kappa shape index (κ2) is 5.98. The Kier molecular flexibility index (Phi) is 4.06. The van der Waals surface area contributed by atoms with E-state index < -0.39 is 0 Å². The van der Waals surface area contributed by atoms with E-state index in [1.807, 2.05) is 25.1 Å². The zero-order chi connectivity index (χ0) is 14.8. The standard InChI is InChI=1S/C16H20ClN3O/c1-11-10-20(12-5-3-4-6-12)16(18-11)19-15-9-13(21-2)7-8-14(15)17/h7-10,12H,3-6H2,1-2H3,(H,18,19). The zero-order valence-electron chi connectivity index (χ0n) is 12.4. The predicted octanol–water partition coefficient (Wildman–Crippen LogP) is 4.71. The topological polar surface area (TPSA) is 39.1 Å². The number of nitrogens with zero attached hydrogens (tertiary/aromatic N) is 2. The van der Waals surface area contributed by atoms with Crippen LogP contribution in [0.1, 0.15) is 37.4 Å². The summed E-state index contributed by atoms with van der Waals surface area (Å²) in [4.78, 5) is 4.60. The van der Waals surface area contributed by atoms with Crippen molar-refractivity contribution >= 4 is 23.2 Å². The van der Waals surface area contributed by atoms with Crippen molar-refractivity contribution in [2.75, 3.05) is 12.4 Å². The maximum absolute atomic E-state index is 6.27. The summed E-state index contributed by atoms with van der Waals surface area (Å²) in [7, 11) is 1.65. The molecular weight excluding hydrogens is 286 g/mol. The fourth-order valence-corrected chi connectivity index (χ4v) is 3.08. The van der Waals surface area contributed by atoms with Crippen molar-refractivity contribution in [1.29, 1.82) is 0 Å². The van der Waals surface area contributed by atoms with Crippen molar-refractivity contribution in [3.05, 3.63) is 35.1 Å². The Bertz CT molecular complexity index is 632. The Labute approximate surface area is 130 Å². The lowest BCUT2D eigenvalue weighted by Gasteiger charge is -2.16. The summed E-state index contributed by atoms with van der Waals surface area (Å²) in [5.74, 6) is 1.63. The molecule has 0 unspecified atom stereocenters. The van der Waals surface area contributed by atoms with Crippen LogP contribution in [0.25, 0.3) is 0 Å². The highest BCUT2D eigenvalue weighted by Crippen LogP contribution is 2.34. The van der Waals surface area contributed by atoms with Crippen molar-refractivity contribution in [3.63, 3.8) is 0 Å². The highest BCUT2D eigenvalue weighted by atomic mass is 35.5. The van der Waals surface area contributed by atoms with Crippen LogP contribution in [0.15, 0.2) is 24.4 Å². The van der Waals surface area contributed by atoms with Crippen molar-refractivity contribution in [1.82, 2.24) is 9.55 Å². The molecule has 21 heavy (non-hydrogen) atoms. The molecule has 1 heterocycles. The largest absolute Gasteiger partial charge is 0.497 e. The molecule has 0 atom stereocenters. The van der Waals surface area contributed by atoms with Crippen LogP contribution < -0.4 is 10.1 Å². The van der Waals surface area contributed by atoms with Crippen LogP contribution in [-0.4, -0.2) is 16.7 Å². The number of ether oxygens (including phenoxy) is 1. The van der Waals surface area contributed by atoms with Gasteiger partial charge in [-0.2, -0.15) is 0 Å². The van der Waals surface area contributed by atoms with Gasteiger partial charge in [-0.25, -0.2) is 4.98 Å². The van der Waals surface area contributed by atoms with E-state index in [0.717, 1.165) is 23.1 Å². The van der Waals surface area contributed by atoms with E-state index in [4.69, 9.17) is 16.3 Å². The molecule has 2 aromatic rings. The van der Waals surface area contributed by atoms with Crippen LogP contribution in [0.2, 0.25) is 5.02 Å². The van der Waals surface area contributed by atoms with E-state index in [-0.39, 0.29) is 0 Å². The van der Waals surface area contributed by atoms with Gasteiger partial charge < -0.3 is 14.6 Å². The number of hydrogen-bond acceptors (Lipinski definition) is 3. The first-order chi connectivity index (χ1) is 10.2. The Morgan fingerprint density at radius 1 is 1.33 bits per heavy atom. The monoisotopic (exact) mass is 305 g/mol. The van der Waals surface area contributed by atoms with Gasteiger partial charge in [0.25, 0.3) is 0 Å². The van der Waals surface area contributed by atoms with Gasteiger partial charge in [0.2, 0.25) is 5.95 Å². The van der Waals surface area contributed by atoms with Crippen LogP contribution in [0.3, 0.4) is 0 Å². The van der Waals surface area contributed by atoms with Gasteiger partial charge >= 0.3 is 0 Å². The van der Waals surface area contributed by atoms with Gasteiger partial charge in [0.05, 0.1) is 23.5 Å². The third-order valence-corrected chi connectivity index (χ3v) is 4.32. The second-order valence-electron chi connectivity index (χ2n) is 5.52. The molecule has 5 heteroatoms. The minimum atomic E-state index is 0.540. The molecule has 0 saturated heterocycles. The van der Waals surface area contributed by atoms with Gasteiger partial charge in [-0.15, -0.1) is 0 Å². The molecule has 112 valence electrons. The molecule has 0 aliphatic heterocycles. The summed E-state index contributed by atoms with van der Waals surface area (Å²) in [5.41, 5.74) is 1.84. The number of nitrogens with one attached hydrogen (secondary N) is 1. The fraction of sp³-hybridized carbons (Fsp3) is 0.438. The molecule has 1 fully saturated rings. The average Bonchev–Trinajstić information content (AvgIpc) is 3.10. The molecule has 1 aliphatic rings. The molecule has 1 aromatic carbocycles. The van der Waals surface area contributed by atoms with Gasteiger partial charge in [0.1, 0.15) is 5.75 Å². The highest BCUT2D eigenvalue weighted by Gasteiger charge is 2.20. The fourth-order valence-electron chi connectivity index (χ4n) is 2.92. The molecule has 0 spiro atoms. The van der Waals surface area contributed by atoms with Crippen molar-refractivity contribution in [2.45, 2.75) is 38.6 Å². The Morgan fingerprint density at radius 3 is 2.81 bits per heavy atom. The minimum Gasteiger partial charge on any atom is -0.497 e. The molecular formula is C16H20ClN3O. The first-order valence-electron chi connectivity index (χ1n) is 7.33. The van der Waals surface area contributed by atoms with Crippen LogP contribution in [0.5, 0.6) is 5.75 Å². The van der Waals surface area contributed by atoms with Gasteiger partial charge in [-0.1, -0.05) is 24.4 Å². The van der Waals surface area contributed by atoms with Crippen LogP contribution in [0.4, 0.5) is 11.6 Å². The number of halogens is 1. The van der Waals surface area contributed by atoms with E-state index in [1.54, 1.807) is 7.11 Å². The van der Waals surface area contributed by atoms with Crippen molar-refractivity contribution in [3.8, 4) is 5.75 Å². The molecule has 1 aromatic heterocycles. The van der Waals surface area contributed by atoms with E-state index in [9.17, 15) is 0 Å². The average molecular weight is 306 g/mol. The number of methoxy groups -OCH3 is 1. The number of aryl methyl sites for hydroxylation is 1. The number of rotatable bonds is 4. The molecule has 0 amide bonds. The summed E-state index contributed by atoms with van der Waals surface area (Å²) in [6, 6.07) is 6.12. The molecule has 3 rings (SSSR count). The third-order valence-electron chi connectivity index (χ3n) is 3.99. The second-order valence-corrected chi connectivity index (χ2v) is 5.93. The Hall–Kier alpha value is -1.68. The van der Waals surface area contributed by atoms with E-state index in [0.29, 0.717) is 11.1 Å². The number of aromatic nitrogens is 2. The molecule has 1 aliphatic carbocycles. The summed E-state index contributed by atoms with van der Waals surface area (Å²) in [6.07, 6.45) is 7.14. The van der Waals surface area contributed by atoms with Gasteiger partial charge in [0.15, 0.2) is 0 Å².